The maximum atomic E-state index is 10.0. The van der Waals surface area contributed by atoms with E-state index in [9.17, 15) is 5.21 Å². The molecule has 0 N–H and O–H groups in total. The summed E-state index contributed by atoms with van der Waals surface area (Å²) in [6.07, 6.45) is 1.31. The van der Waals surface area contributed by atoms with Crippen LogP contribution in [0.4, 0.5) is 0 Å². The summed E-state index contributed by atoms with van der Waals surface area (Å²) in [5.74, 6) is 0. The van der Waals surface area contributed by atoms with E-state index in [1.54, 1.807) is 0 Å². The molecule has 0 saturated carbocycles. The number of nitrogens with zero attached hydrogens (tertiary/aromatic N) is 2. The van der Waals surface area contributed by atoms with Gasteiger partial charge in [-0.3, -0.25) is 4.99 Å². The number of hydrogen-bond donors (Lipinski definition) is 0. The molecule has 0 amide bonds. The first kappa shape index (κ1) is 3.61. The molecule has 3 nitrogen and oxygen atoms in total. The van der Waals surface area contributed by atoms with Crippen molar-refractivity contribution in [1.82, 2.24) is 5.06 Å². The van der Waals surface area contributed by atoms with Gasteiger partial charge in [0.25, 0.3) is 0 Å². The molecule has 1 rings (SSSR count). The van der Waals surface area contributed by atoms with Gasteiger partial charge in [-0.2, -0.15) is 0 Å². The van der Waals surface area contributed by atoms with Crippen molar-refractivity contribution in [2.24, 2.45) is 4.99 Å². The van der Waals surface area contributed by atoms with Gasteiger partial charge in [-0.05, 0) is 0 Å². The molecule has 0 aromatic rings. The molecule has 0 fully saturated rings. The van der Waals surface area contributed by atoms with Crippen LogP contribution in [0.2, 0.25) is 0 Å². The van der Waals surface area contributed by atoms with Crippen LogP contribution in [0.5, 0.6) is 0 Å². The standard InChI is InChI=1S/C3H5N2O/c6-5-2-1-4-3-5/h3H,1-2H2/q-1. The summed E-state index contributed by atoms with van der Waals surface area (Å²) >= 11 is 0. The van der Waals surface area contributed by atoms with Gasteiger partial charge < -0.3 is 10.3 Å². The predicted molar refractivity (Wildman–Crippen MR) is 23.4 cm³/mol. The molecule has 1 heterocycles. The van der Waals surface area contributed by atoms with Gasteiger partial charge in [0.15, 0.2) is 0 Å². The third-order valence-electron chi connectivity index (χ3n) is 0.660. The van der Waals surface area contributed by atoms with E-state index in [-0.39, 0.29) is 0 Å². The van der Waals surface area contributed by atoms with Crippen molar-refractivity contribution < 1.29 is 0 Å². The van der Waals surface area contributed by atoms with Crippen molar-refractivity contribution in [2.45, 2.75) is 0 Å². The summed E-state index contributed by atoms with van der Waals surface area (Å²) in [7, 11) is 0. The van der Waals surface area contributed by atoms with Gasteiger partial charge >= 0.3 is 0 Å². The zero-order valence-corrected chi connectivity index (χ0v) is 3.29. The Bertz CT molecular complexity index is 71.2. The first-order valence-electron chi connectivity index (χ1n) is 1.83. The third-order valence-corrected chi connectivity index (χ3v) is 0.660. The quantitative estimate of drug-likeness (QED) is 0.409. The molecule has 6 heavy (non-hydrogen) atoms. The van der Waals surface area contributed by atoms with E-state index >= 15 is 0 Å². The molecule has 0 aromatic carbocycles. The monoisotopic (exact) mass is 85.0 g/mol. The number of rotatable bonds is 0. The molecule has 1 aliphatic heterocycles. The van der Waals surface area contributed by atoms with Crippen LogP contribution >= 0.6 is 0 Å². The lowest BCUT2D eigenvalue weighted by Gasteiger charge is -2.17. The second-order valence-corrected chi connectivity index (χ2v) is 1.16. The SMILES string of the molecule is [O-]N1C=NCC1. The largest absolute Gasteiger partial charge is 0.758 e. The number of aliphatic imine (C=N–C) groups is 1. The van der Waals surface area contributed by atoms with Gasteiger partial charge in [0.05, 0.1) is 12.9 Å². The van der Waals surface area contributed by atoms with Crippen molar-refractivity contribution in [1.29, 1.82) is 0 Å². The van der Waals surface area contributed by atoms with Crippen molar-refractivity contribution in [3.05, 3.63) is 5.21 Å². The number of hydrogen-bond acceptors (Lipinski definition) is 3. The predicted octanol–water partition coefficient (Wildman–Crippen LogP) is -0.172. The lowest BCUT2D eigenvalue weighted by Crippen LogP contribution is -2.08. The van der Waals surface area contributed by atoms with E-state index in [0.29, 0.717) is 13.1 Å². The molecule has 3 heteroatoms. The average Bonchev–Trinajstić information content (AvgIpc) is 1.86. The van der Waals surface area contributed by atoms with E-state index < -0.39 is 0 Å². The Labute approximate surface area is 35.9 Å². The topological polar surface area (TPSA) is 38.7 Å². The van der Waals surface area contributed by atoms with Crippen LogP contribution in [0.1, 0.15) is 0 Å². The smallest absolute Gasteiger partial charge is 0.0744 e. The summed E-state index contributed by atoms with van der Waals surface area (Å²) in [6.45, 7) is 1.21. The Morgan fingerprint density at radius 3 is 2.83 bits per heavy atom. The van der Waals surface area contributed by atoms with Crippen LogP contribution in [0, 0.1) is 5.21 Å². The van der Waals surface area contributed by atoms with Crippen molar-refractivity contribution in [3.8, 4) is 0 Å². The van der Waals surface area contributed by atoms with E-state index in [1.165, 1.54) is 6.34 Å². The Balaban J connectivity index is 2.38. The fourth-order valence-corrected chi connectivity index (χ4v) is 0.363. The summed E-state index contributed by atoms with van der Waals surface area (Å²) < 4.78 is 0. The fraction of sp³-hybridized carbons (Fsp3) is 0.667. The molecule has 0 aromatic heterocycles. The van der Waals surface area contributed by atoms with Gasteiger partial charge in [-0.1, -0.05) is 0 Å². The molecular weight excluding hydrogens is 80.0 g/mol. The van der Waals surface area contributed by atoms with Gasteiger partial charge in [-0.15, -0.1) is 0 Å². The zero-order chi connectivity index (χ0) is 4.41. The van der Waals surface area contributed by atoms with Crippen molar-refractivity contribution >= 4 is 6.34 Å². The minimum Gasteiger partial charge on any atom is -0.758 e. The molecule has 1 aliphatic rings. The van der Waals surface area contributed by atoms with Gasteiger partial charge in [0.2, 0.25) is 0 Å². The molecule has 0 spiro atoms. The summed E-state index contributed by atoms with van der Waals surface area (Å²) in [4.78, 5) is 3.65. The van der Waals surface area contributed by atoms with Crippen molar-refractivity contribution in [2.75, 3.05) is 13.1 Å². The molecule has 0 saturated heterocycles. The highest BCUT2D eigenvalue weighted by molar-refractivity contribution is 5.57. The highest BCUT2D eigenvalue weighted by Gasteiger charge is 1.88. The van der Waals surface area contributed by atoms with Gasteiger partial charge in [0, 0.05) is 6.54 Å². The normalized spacial score (nSPS) is 19.8. The molecule has 0 bridgehead atoms. The first-order valence-corrected chi connectivity index (χ1v) is 1.83. The van der Waals surface area contributed by atoms with Crippen LogP contribution in [0.25, 0.3) is 0 Å². The van der Waals surface area contributed by atoms with E-state index in [4.69, 9.17) is 0 Å². The summed E-state index contributed by atoms with van der Waals surface area (Å²) in [5, 5.41) is 10.8. The Hall–Kier alpha value is -0.570. The lowest BCUT2D eigenvalue weighted by molar-refractivity contribution is 0.628. The minimum absolute atomic E-state index is 0.542. The van der Waals surface area contributed by atoms with Crippen molar-refractivity contribution in [3.63, 3.8) is 0 Å². The lowest BCUT2D eigenvalue weighted by atomic mass is 10.7. The average molecular weight is 85.1 g/mol. The first-order chi connectivity index (χ1) is 2.89. The Kier molecular flexibility index (Phi) is 0.759. The molecule has 34 valence electrons. The number of hydroxylamine groups is 2. The summed E-state index contributed by atoms with van der Waals surface area (Å²) in [6, 6.07) is 0. The minimum atomic E-state index is 0.542. The third kappa shape index (κ3) is 0.490. The summed E-state index contributed by atoms with van der Waals surface area (Å²) in [5.41, 5.74) is 0. The fourth-order valence-electron chi connectivity index (χ4n) is 0.363. The van der Waals surface area contributed by atoms with Crippen LogP contribution in [0.3, 0.4) is 0 Å². The van der Waals surface area contributed by atoms with E-state index in [0.717, 1.165) is 5.06 Å². The van der Waals surface area contributed by atoms with E-state index in [2.05, 4.69) is 4.99 Å². The zero-order valence-electron chi connectivity index (χ0n) is 3.29. The maximum absolute atomic E-state index is 10.0. The molecule has 0 unspecified atom stereocenters. The second kappa shape index (κ2) is 1.26. The molecular formula is C3H5N2O-. The Morgan fingerprint density at radius 1 is 1.83 bits per heavy atom. The van der Waals surface area contributed by atoms with Crippen LogP contribution in [-0.4, -0.2) is 24.5 Å². The highest BCUT2D eigenvalue weighted by atomic mass is 16.5. The second-order valence-electron chi connectivity index (χ2n) is 1.16. The molecule has 0 atom stereocenters. The maximum Gasteiger partial charge on any atom is 0.0744 e. The van der Waals surface area contributed by atoms with Crippen LogP contribution < -0.4 is 0 Å². The van der Waals surface area contributed by atoms with Crippen LogP contribution in [0.15, 0.2) is 4.99 Å². The van der Waals surface area contributed by atoms with Gasteiger partial charge in [0.1, 0.15) is 0 Å². The van der Waals surface area contributed by atoms with Gasteiger partial charge in [-0.25, -0.2) is 0 Å². The molecule has 0 radical (unpaired) electrons. The Morgan fingerprint density at radius 2 is 2.67 bits per heavy atom. The highest BCUT2D eigenvalue weighted by Crippen LogP contribution is 1.86. The van der Waals surface area contributed by atoms with Crippen LogP contribution in [-0.2, 0) is 0 Å². The molecule has 0 aliphatic carbocycles. The van der Waals surface area contributed by atoms with E-state index in [1.807, 2.05) is 0 Å².